The largest absolute Gasteiger partial charge is 0.414 e. The number of ether oxygens (including phenoxy) is 1. The molecule has 0 aromatic heterocycles. The van der Waals surface area contributed by atoms with Crippen LogP contribution in [0.2, 0.25) is 54.4 Å². The average molecular weight is 493 g/mol. The summed E-state index contributed by atoms with van der Waals surface area (Å²) in [5.41, 5.74) is 0. The second kappa shape index (κ2) is 9.24. The van der Waals surface area contributed by atoms with E-state index in [0.717, 1.165) is 0 Å². The van der Waals surface area contributed by atoms with Crippen LogP contribution in [0.4, 0.5) is 0 Å². The predicted molar refractivity (Wildman–Crippen MR) is 138 cm³/mol. The van der Waals surface area contributed by atoms with Crippen molar-refractivity contribution in [3.05, 3.63) is 0 Å². The van der Waals surface area contributed by atoms with Crippen molar-refractivity contribution in [2.75, 3.05) is 6.61 Å². The highest BCUT2D eigenvalue weighted by atomic mass is 28.4. The van der Waals surface area contributed by atoms with Crippen LogP contribution >= 0.6 is 0 Å². The Labute approximate surface area is 196 Å². The Kier molecular flexibility index (Phi) is 8.79. The number of hydrogen-bond donors (Lipinski definition) is 1. The lowest BCUT2D eigenvalue weighted by atomic mass is 10.1. The summed E-state index contributed by atoms with van der Waals surface area (Å²) < 4.78 is 26.1. The maximum atomic E-state index is 10.9. The van der Waals surface area contributed by atoms with Crippen LogP contribution in [0.5, 0.6) is 0 Å². The molecule has 1 heterocycles. The SMILES string of the molecule is CC(C)(C)[Si](C)(C)OC[C@@H]1O[C@@H](O)C(O[Si](C)(C)C(C)(C)C)C1O[Si](C)(C)C(C)(C)C. The Morgan fingerprint density at radius 2 is 1.00 bits per heavy atom. The number of aliphatic hydroxyl groups is 1. The van der Waals surface area contributed by atoms with Crippen LogP contribution in [-0.4, -0.2) is 61.3 Å². The molecule has 186 valence electrons. The first-order valence-corrected chi connectivity index (χ1v) is 20.5. The van der Waals surface area contributed by atoms with E-state index in [1.165, 1.54) is 0 Å². The third-order valence-corrected chi connectivity index (χ3v) is 21.6. The predicted octanol–water partition coefficient (Wildman–Crippen LogP) is 6.51. The van der Waals surface area contributed by atoms with E-state index in [1.54, 1.807) is 0 Å². The van der Waals surface area contributed by atoms with Gasteiger partial charge in [-0.2, -0.15) is 0 Å². The molecule has 0 aliphatic carbocycles. The highest BCUT2D eigenvalue weighted by Gasteiger charge is 2.54. The van der Waals surface area contributed by atoms with E-state index in [1.807, 2.05) is 0 Å². The van der Waals surface area contributed by atoms with Gasteiger partial charge in [0.15, 0.2) is 31.2 Å². The molecule has 1 saturated heterocycles. The molecule has 5 nitrogen and oxygen atoms in total. The molecule has 31 heavy (non-hydrogen) atoms. The molecule has 0 spiro atoms. The zero-order valence-corrected chi connectivity index (χ0v) is 26.1. The summed E-state index contributed by atoms with van der Waals surface area (Å²) in [7, 11) is -6.20. The Balaban J connectivity index is 3.22. The van der Waals surface area contributed by atoms with Crippen LogP contribution in [0.25, 0.3) is 0 Å². The molecule has 0 saturated carbocycles. The van der Waals surface area contributed by atoms with Gasteiger partial charge >= 0.3 is 0 Å². The Morgan fingerprint density at radius 3 is 1.35 bits per heavy atom. The summed E-state index contributed by atoms with van der Waals surface area (Å²) >= 11 is 0. The molecular weight excluding hydrogens is 441 g/mol. The standard InChI is InChI=1S/C23H52O5Si3/c1-21(2,3)29(10,11)25-16-17-18(27-30(12,13)22(4,5)6)19(20(24)26-17)28-31(14,15)23(7,8)9/h17-20,24H,16H2,1-15H3/t17-,18?,19?,20+/m0/s1. The average Bonchev–Trinajstić information content (AvgIpc) is 2.77. The fraction of sp³-hybridized carbons (Fsp3) is 1.00. The van der Waals surface area contributed by atoms with Crippen molar-refractivity contribution in [2.45, 2.75) is 141 Å². The maximum absolute atomic E-state index is 10.9. The van der Waals surface area contributed by atoms with Gasteiger partial charge in [0.2, 0.25) is 0 Å². The van der Waals surface area contributed by atoms with Crippen molar-refractivity contribution in [1.82, 2.24) is 0 Å². The van der Waals surface area contributed by atoms with Gasteiger partial charge in [0, 0.05) is 0 Å². The summed E-state index contributed by atoms with van der Waals surface area (Å²) in [5.74, 6) is 0. The van der Waals surface area contributed by atoms with Gasteiger partial charge in [0.25, 0.3) is 0 Å². The minimum absolute atomic E-state index is 0.0317. The van der Waals surface area contributed by atoms with E-state index in [4.69, 9.17) is 18.0 Å². The van der Waals surface area contributed by atoms with Gasteiger partial charge in [0.1, 0.15) is 18.3 Å². The molecule has 1 N–H and O–H groups in total. The van der Waals surface area contributed by atoms with E-state index in [0.29, 0.717) is 6.61 Å². The molecule has 1 aliphatic heterocycles. The van der Waals surface area contributed by atoms with E-state index in [-0.39, 0.29) is 27.3 Å². The van der Waals surface area contributed by atoms with Crippen molar-refractivity contribution >= 4 is 25.0 Å². The third kappa shape index (κ3) is 6.97. The molecule has 0 amide bonds. The van der Waals surface area contributed by atoms with Gasteiger partial charge in [-0.15, -0.1) is 0 Å². The highest BCUT2D eigenvalue weighted by Crippen LogP contribution is 2.44. The van der Waals surface area contributed by atoms with Crippen molar-refractivity contribution in [3.63, 3.8) is 0 Å². The van der Waals surface area contributed by atoms with Crippen LogP contribution in [0.15, 0.2) is 0 Å². The second-order valence-corrected chi connectivity index (χ2v) is 28.1. The number of aliphatic hydroxyl groups excluding tert-OH is 1. The molecule has 1 aliphatic rings. The van der Waals surface area contributed by atoms with E-state index < -0.39 is 37.3 Å². The smallest absolute Gasteiger partial charge is 0.192 e. The quantitative estimate of drug-likeness (QED) is 0.411. The first-order chi connectivity index (χ1) is 13.4. The first-order valence-electron chi connectivity index (χ1n) is 11.8. The summed E-state index contributed by atoms with van der Waals surface area (Å²) in [6.45, 7) is 33.8. The van der Waals surface area contributed by atoms with Crippen LogP contribution in [0.3, 0.4) is 0 Å². The van der Waals surface area contributed by atoms with Gasteiger partial charge < -0.3 is 23.1 Å². The topological polar surface area (TPSA) is 57.2 Å². The maximum Gasteiger partial charge on any atom is 0.192 e. The fourth-order valence-electron chi connectivity index (χ4n) is 2.65. The molecule has 1 fully saturated rings. The number of hydrogen-bond acceptors (Lipinski definition) is 5. The van der Waals surface area contributed by atoms with Crippen LogP contribution in [0, 0.1) is 0 Å². The van der Waals surface area contributed by atoms with Crippen LogP contribution < -0.4 is 0 Å². The third-order valence-electron chi connectivity index (χ3n) is 8.17. The Bertz CT molecular complexity index is 600. The molecule has 4 atom stereocenters. The second-order valence-electron chi connectivity index (χ2n) is 13.8. The van der Waals surface area contributed by atoms with Crippen LogP contribution in [-0.2, 0) is 18.0 Å². The van der Waals surface area contributed by atoms with Gasteiger partial charge in [-0.1, -0.05) is 62.3 Å². The molecule has 0 radical (unpaired) electrons. The van der Waals surface area contributed by atoms with Crippen LogP contribution in [0.1, 0.15) is 62.3 Å². The lowest BCUT2D eigenvalue weighted by Gasteiger charge is -2.44. The summed E-state index contributed by atoms with van der Waals surface area (Å²) in [6.07, 6.45) is -2.18. The minimum atomic E-state index is -2.13. The van der Waals surface area contributed by atoms with Gasteiger partial charge in [-0.25, -0.2) is 0 Å². The fourth-order valence-corrected chi connectivity index (χ4v) is 6.27. The Hall–Kier alpha value is 0.451. The minimum Gasteiger partial charge on any atom is -0.414 e. The molecule has 0 aromatic carbocycles. The van der Waals surface area contributed by atoms with Crippen molar-refractivity contribution in [1.29, 1.82) is 0 Å². The highest BCUT2D eigenvalue weighted by molar-refractivity contribution is 6.75. The zero-order chi connectivity index (χ0) is 24.8. The molecule has 0 aromatic rings. The van der Waals surface area contributed by atoms with Crippen molar-refractivity contribution in [2.24, 2.45) is 0 Å². The summed E-state index contributed by atoms with van der Waals surface area (Å²) in [5, 5.41) is 11.1. The molecular formula is C23H52O5Si3. The van der Waals surface area contributed by atoms with Gasteiger partial charge in [-0.3, -0.25) is 0 Å². The molecule has 0 bridgehead atoms. The molecule has 8 heteroatoms. The van der Waals surface area contributed by atoms with Crippen molar-refractivity contribution in [3.8, 4) is 0 Å². The lowest BCUT2D eigenvalue weighted by Crippen LogP contribution is -2.55. The number of rotatable bonds is 7. The van der Waals surface area contributed by atoms with Gasteiger partial charge in [-0.05, 0) is 54.4 Å². The summed E-state index contributed by atoms with van der Waals surface area (Å²) in [6, 6.07) is 0. The van der Waals surface area contributed by atoms with E-state index >= 15 is 0 Å². The molecule has 1 rings (SSSR count). The normalized spacial score (nSPS) is 27.1. The first kappa shape index (κ1) is 29.5. The van der Waals surface area contributed by atoms with Crippen molar-refractivity contribution < 1.29 is 23.1 Å². The molecule has 2 unspecified atom stereocenters. The van der Waals surface area contributed by atoms with E-state index in [2.05, 4.69) is 102 Å². The summed E-state index contributed by atoms with van der Waals surface area (Å²) in [4.78, 5) is 0. The monoisotopic (exact) mass is 492 g/mol. The van der Waals surface area contributed by atoms with Gasteiger partial charge in [0.05, 0.1) is 6.61 Å². The lowest BCUT2D eigenvalue weighted by molar-refractivity contribution is -0.129. The zero-order valence-electron chi connectivity index (χ0n) is 23.1. The van der Waals surface area contributed by atoms with E-state index in [9.17, 15) is 5.11 Å². The Morgan fingerprint density at radius 1 is 0.645 bits per heavy atom.